The fraction of sp³-hybridized carbons (Fsp3) is 0.600. The van der Waals surface area contributed by atoms with Crippen LogP contribution < -0.4 is 10.1 Å². The number of nitrogens with one attached hydrogen (secondary N) is 1. The SMILES string of the molecule is CCCCc1ccc(OC2CCCNC2)cc1. The molecule has 17 heavy (non-hydrogen) atoms. The third-order valence-electron chi connectivity index (χ3n) is 3.30. The quantitative estimate of drug-likeness (QED) is 0.843. The Morgan fingerprint density at radius 3 is 2.76 bits per heavy atom. The minimum Gasteiger partial charge on any atom is -0.489 e. The summed E-state index contributed by atoms with van der Waals surface area (Å²) in [5.74, 6) is 1.01. The molecule has 0 aliphatic carbocycles. The predicted molar refractivity (Wildman–Crippen MR) is 71.6 cm³/mol. The van der Waals surface area contributed by atoms with Gasteiger partial charge in [-0.05, 0) is 49.9 Å². The van der Waals surface area contributed by atoms with E-state index in [0.717, 1.165) is 18.8 Å². The molecule has 1 saturated heterocycles. The van der Waals surface area contributed by atoms with Gasteiger partial charge in [0, 0.05) is 6.54 Å². The summed E-state index contributed by atoms with van der Waals surface area (Å²) >= 11 is 0. The fourth-order valence-electron chi connectivity index (χ4n) is 2.23. The number of benzene rings is 1. The summed E-state index contributed by atoms with van der Waals surface area (Å²) < 4.78 is 5.95. The summed E-state index contributed by atoms with van der Waals surface area (Å²) in [7, 11) is 0. The minimum absolute atomic E-state index is 0.352. The van der Waals surface area contributed by atoms with Crippen LogP contribution in [0.1, 0.15) is 38.2 Å². The molecule has 0 saturated carbocycles. The second-order valence-electron chi connectivity index (χ2n) is 4.83. The third kappa shape index (κ3) is 4.04. The van der Waals surface area contributed by atoms with E-state index in [4.69, 9.17) is 4.74 Å². The maximum atomic E-state index is 5.95. The van der Waals surface area contributed by atoms with Crippen molar-refractivity contribution in [2.24, 2.45) is 0 Å². The van der Waals surface area contributed by atoms with Crippen molar-refractivity contribution in [2.45, 2.75) is 45.1 Å². The van der Waals surface area contributed by atoms with Crippen molar-refractivity contribution < 1.29 is 4.74 Å². The number of piperidine rings is 1. The number of ether oxygens (including phenoxy) is 1. The van der Waals surface area contributed by atoms with Crippen molar-refractivity contribution >= 4 is 0 Å². The first-order valence-electron chi connectivity index (χ1n) is 6.85. The Balaban J connectivity index is 1.84. The van der Waals surface area contributed by atoms with Crippen LogP contribution in [0.3, 0.4) is 0 Å². The van der Waals surface area contributed by atoms with E-state index in [1.54, 1.807) is 0 Å². The van der Waals surface area contributed by atoms with Crippen LogP contribution in [0, 0.1) is 0 Å². The first-order chi connectivity index (χ1) is 8.38. The lowest BCUT2D eigenvalue weighted by atomic mass is 10.1. The molecule has 0 radical (unpaired) electrons. The average Bonchev–Trinajstić information content (AvgIpc) is 2.39. The summed E-state index contributed by atoms with van der Waals surface area (Å²) in [5.41, 5.74) is 1.42. The highest BCUT2D eigenvalue weighted by Gasteiger charge is 2.13. The number of rotatable bonds is 5. The van der Waals surface area contributed by atoms with Gasteiger partial charge < -0.3 is 10.1 Å². The molecule has 0 aromatic heterocycles. The number of unbranched alkanes of at least 4 members (excludes halogenated alkanes) is 1. The Bertz CT molecular complexity index is 314. The van der Waals surface area contributed by atoms with Crippen molar-refractivity contribution in [1.82, 2.24) is 5.32 Å². The molecule has 2 heteroatoms. The Morgan fingerprint density at radius 1 is 1.29 bits per heavy atom. The summed E-state index contributed by atoms with van der Waals surface area (Å²) in [4.78, 5) is 0. The summed E-state index contributed by atoms with van der Waals surface area (Å²) in [6.45, 7) is 4.35. The zero-order chi connectivity index (χ0) is 11.9. The topological polar surface area (TPSA) is 21.3 Å². The first kappa shape index (κ1) is 12.4. The molecule has 1 fully saturated rings. The summed E-state index contributed by atoms with van der Waals surface area (Å²) in [6.07, 6.45) is 6.45. The normalized spacial score (nSPS) is 20.2. The van der Waals surface area contributed by atoms with Gasteiger partial charge >= 0.3 is 0 Å². The van der Waals surface area contributed by atoms with E-state index in [2.05, 4.69) is 36.5 Å². The Kier molecular flexibility index (Phi) is 4.87. The molecular formula is C15H23NO. The van der Waals surface area contributed by atoms with Crippen LogP contribution in [0.4, 0.5) is 0 Å². The molecule has 2 nitrogen and oxygen atoms in total. The number of hydrogen-bond acceptors (Lipinski definition) is 2. The molecule has 1 aromatic carbocycles. The maximum absolute atomic E-state index is 5.95. The van der Waals surface area contributed by atoms with E-state index in [1.165, 1.54) is 37.7 Å². The lowest BCUT2D eigenvalue weighted by Gasteiger charge is -2.24. The molecule has 1 heterocycles. The third-order valence-corrected chi connectivity index (χ3v) is 3.30. The Hall–Kier alpha value is -1.02. The van der Waals surface area contributed by atoms with Gasteiger partial charge in [-0.2, -0.15) is 0 Å². The van der Waals surface area contributed by atoms with E-state index < -0.39 is 0 Å². The van der Waals surface area contributed by atoms with E-state index in [1.807, 2.05) is 0 Å². The summed E-state index contributed by atoms with van der Waals surface area (Å²) in [5, 5.41) is 3.37. The van der Waals surface area contributed by atoms with Crippen LogP contribution >= 0.6 is 0 Å². The van der Waals surface area contributed by atoms with Crippen molar-refractivity contribution in [3.63, 3.8) is 0 Å². The van der Waals surface area contributed by atoms with Gasteiger partial charge in [0.1, 0.15) is 11.9 Å². The van der Waals surface area contributed by atoms with Crippen LogP contribution in [0.25, 0.3) is 0 Å². The molecule has 94 valence electrons. The number of aryl methyl sites for hydroxylation is 1. The molecule has 1 aliphatic heterocycles. The Labute approximate surface area is 104 Å². The molecular weight excluding hydrogens is 210 g/mol. The molecule has 1 aromatic rings. The van der Waals surface area contributed by atoms with Gasteiger partial charge in [-0.1, -0.05) is 25.5 Å². The van der Waals surface area contributed by atoms with Gasteiger partial charge in [0.25, 0.3) is 0 Å². The van der Waals surface area contributed by atoms with Gasteiger partial charge in [0.05, 0.1) is 0 Å². The standard InChI is InChI=1S/C15H23NO/c1-2-3-5-13-7-9-14(10-8-13)17-15-6-4-11-16-12-15/h7-10,15-16H,2-6,11-12H2,1H3. The van der Waals surface area contributed by atoms with E-state index in [0.29, 0.717) is 6.10 Å². The fourth-order valence-corrected chi connectivity index (χ4v) is 2.23. The van der Waals surface area contributed by atoms with Gasteiger partial charge in [0.2, 0.25) is 0 Å². The molecule has 2 rings (SSSR count). The van der Waals surface area contributed by atoms with E-state index >= 15 is 0 Å². The van der Waals surface area contributed by atoms with Crippen molar-refractivity contribution in [3.8, 4) is 5.75 Å². The van der Waals surface area contributed by atoms with Gasteiger partial charge in [-0.15, -0.1) is 0 Å². The molecule has 0 spiro atoms. The Morgan fingerprint density at radius 2 is 2.12 bits per heavy atom. The smallest absolute Gasteiger partial charge is 0.119 e. The zero-order valence-corrected chi connectivity index (χ0v) is 10.7. The lowest BCUT2D eigenvalue weighted by Crippen LogP contribution is -2.37. The predicted octanol–water partition coefficient (Wildman–Crippen LogP) is 3.16. The van der Waals surface area contributed by atoms with Crippen molar-refractivity contribution in [1.29, 1.82) is 0 Å². The van der Waals surface area contributed by atoms with Crippen LogP contribution in [-0.4, -0.2) is 19.2 Å². The van der Waals surface area contributed by atoms with Gasteiger partial charge in [0.15, 0.2) is 0 Å². The minimum atomic E-state index is 0.352. The number of hydrogen-bond donors (Lipinski definition) is 1. The molecule has 1 N–H and O–H groups in total. The van der Waals surface area contributed by atoms with Gasteiger partial charge in [-0.3, -0.25) is 0 Å². The first-order valence-corrected chi connectivity index (χ1v) is 6.85. The average molecular weight is 233 g/mol. The monoisotopic (exact) mass is 233 g/mol. The lowest BCUT2D eigenvalue weighted by molar-refractivity contribution is 0.167. The van der Waals surface area contributed by atoms with Gasteiger partial charge in [-0.25, -0.2) is 0 Å². The molecule has 1 unspecified atom stereocenters. The second kappa shape index (κ2) is 6.65. The van der Waals surface area contributed by atoms with Crippen molar-refractivity contribution in [2.75, 3.05) is 13.1 Å². The highest BCUT2D eigenvalue weighted by molar-refractivity contribution is 5.27. The van der Waals surface area contributed by atoms with E-state index in [-0.39, 0.29) is 0 Å². The van der Waals surface area contributed by atoms with Crippen LogP contribution in [0.2, 0.25) is 0 Å². The highest BCUT2D eigenvalue weighted by Crippen LogP contribution is 2.17. The maximum Gasteiger partial charge on any atom is 0.119 e. The van der Waals surface area contributed by atoms with Crippen LogP contribution in [0.15, 0.2) is 24.3 Å². The molecule has 1 aliphatic rings. The van der Waals surface area contributed by atoms with E-state index in [9.17, 15) is 0 Å². The highest BCUT2D eigenvalue weighted by atomic mass is 16.5. The zero-order valence-electron chi connectivity index (χ0n) is 10.7. The van der Waals surface area contributed by atoms with Crippen LogP contribution in [0.5, 0.6) is 5.75 Å². The molecule has 0 amide bonds. The molecule has 1 atom stereocenters. The summed E-state index contributed by atoms with van der Waals surface area (Å²) in [6, 6.07) is 8.61. The van der Waals surface area contributed by atoms with Crippen LogP contribution in [-0.2, 0) is 6.42 Å². The second-order valence-corrected chi connectivity index (χ2v) is 4.83. The largest absolute Gasteiger partial charge is 0.489 e. The van der Waals surface area contributed by atoms with Crippen molar-refractivity contribution in [3.05, 3.63) is 29.8 Å². The molecule has 0 bridgehead atoms.